The summed E-state index contributed by atoms with van der Waals surface area (Å²) in [5.74, 6) is 11.8. The van der Waals surface area contributed by atoms with Crippen LogP contribution in [0.2, 0.25) is 0 Å². The second-order valence-corrected chi connectivity index (χ2v) is 13.1. The smallest absolute Gasteiger partial charge is 0.253 e. The van der Waals surface area contributed by atoms with Crippen LogP contribution < -0.4 is 10.5 Å². The van der Waals surface area contributed by atoms with E-state index in [0.717, 1.165) is 29.0 Å². The van der Waals surface area contributed by atoms with Gasteiger partial charge in [-0.1, -0.05) is 54.3 Å². The van der Waals surface area contributed by atoms with Gasteiger partial charge in [-0.3, -0.25) is 14.1 Å². The molecule has 1 heterocycles. The highest BCUT2D eigenvalue weighted by atomic mass is 32.2. The van der Waals surface area contributed by atoms with E-state index < -0.39 is 18.9 Å². The van der Waals surface area contributed by atoms with Crippen LogP contribution in [-0.4, -0.2) is 39.2 Å². The Morgan fingerprint density at radius 2 is 1.91 bits per heavy atom. The molecule has 184 valence electrons. The molecule has 0 bridgehead atoms. The fraction of sp³-hybridized carbons (Fsp3) is 0.143. The first-order valence-corrected chi connectivity index (χ1v) is 14.9. The zero-order valence-corrected chi connectivity index (χ0v) is 21.7. The van der Waals surface area contributed by atoms with Gasteiger partial charge in [-0.2, -0.15) is 0 Å². The van der Waals surface area contributed by atoms with Gasteiger partial charge in [0.2, 0.25) is 0 Å². The minimum atomic E-state index is -2.77. The van der Waals surface area contributed by atoms with Gasteiger partial charge in [0.1, 0.15) is 0 Å². The van der Waals surface area contributed by atoms with Crippen molar-refractivity contribution < 1.29 is 9.00 Å². The molecule has 3 rings (SSSR count). The summed E-state index contributed by atoms with van der Waals surface area (Å²) >= 11 is 0. The van der Waals surface area contributed by atoms with Gasteiger partial charge in [0.05, 0.1) is 5.57 Å². The highest BCUT2D eigenvalue weighted by molar-refractivity contribution is 8.26. The summed E-state index contributed by atoms with van der Waals surface area (Å²) in [6.45, 7) is 6.26. The number of hydrogen-bond donors (Lipinski definition) is 2. The summed E-state index contributed by atoms with van der Waals surface area (Å²) in [6, 6.07) is 7.24. The summed E-state index contributed by atoms with van der Waals surface area (Å²) < 4.78 is 13.7. The maximum atomic E-state index is 13.7. The zero-order chi connectivity index (χ0) is 25.6. The highest BCUT2D eigenvalue weighted by Crippen LogP contribution is 2.29. The molecule has 0 saturated heterocycles. The fourth-order valence-electron chi connectivity index (χ4n) is 3.52. The molecule has 0 fully saturated rings. The van der Waals surface area contributed by atoms with Gasteiger partial charge in [-0.15, -0.1) is 9.39 Å². The Morgan fingerprint density at radius 1 is 1.17 bits per heavy atom. The van der Waals surface area contributed by atoms with E-state index >= 15 is 0 Å². The lowest BCUT2D eigenvalue weighted by Gasteiger charge is -2.21. The van der Waals surface area contributed by atoms with Gasteiger partial charge in [-0.05, 0) is 62.1 Å². The van der Waals surface area contributed by atoms with Crippen LogP contribution >= 0.6 is 9.39 Å². The van der Waals surface area contributed by atoms with Crippen LogP contribution in [0.5, 0.6) is 0 Å². The van der Waals surface area contributed by atoms with Crippen molar-refractivity contribution in [1.82, 2.24) is 10.2 Å². The molecule has 1 aliphatic carbocycles. The standard InChI is InChI=1S/C28H33N3O2S2/c1-6-18-31-21-24(16-14-22(31)2)28(32)30-20-23-10-7-8-11-25(17-15-23)35(5,33)27-13-9-12-26(19-27)34(3,4)29/h6,8-9,11-19,21H,2-5,7,10,20,29H2,1H3,(H,30,32)/b11-8-,18-6?,23-15+,25-17+. The van der Waals surface area contributed by atoms with Crippen LogP contribution in [0.15, 0.2) is 117 Å². The number of carbonyl (C=O) groups is 1. The van der Waals surface area contributed by atoms with E-state index in [-0.39, 0.29) is 5.91 Å². The number of benzene rings is 1. The van der Waals surface area contributed by atoms with Gasteiger partial charge in [-0.25, -0.2) is 0 Å². The van der Waals surface area contributed by atoms with E-state index in [4.69, 9.17) is 5.14 Å². The molecule has 5 nitrogen and oxygen atoms in total. The first kappa shape index (κ1) is 26.3. The number of hydrogen-bond acceptors (Lipinski definition) is 4. The number of allylic oxidation sites excluding steroid dienone is 6. The lowest BCUT2D eigenvalue weighted by molar-refractivity contribution is -0.117. The van der Waals surface area contributed by atoms with Crippen molar-refractivity contribution in [3.05, 3.63) is 108 Å². The number of amides is 1. The fourth-order valence-corrected chi connectivity index (χ4v) is 5.80. The van der Waals surface area contributed by atoms with Gasteiger partial charge in [0.15, 0.2) is 0 Å². The van der Waals surface area contributed by atoms with Gasteiger partial charge < -0.3 is 10.2 Å². The molecule has 1 atom stereocenters. The van der Waals surface area contributed by atoms with Crippen LogP contribution in [-0.2, 0) is 14.3 Å². The third-order valence-electron chi connectivity index (χ3n) is 5.55. The van der Waals surface area contributed by atoms with E-state index in [1.165, 1.54) is 0 Å². The van der Waals surface area contributed by atoms with Crippen molar-refractivity contribution in [3.63, 3.8) is 0 Å². The molecule has 7 heteroatoms. The molecule has 1 aromatic rings. The molecule has 1 unspecified atom stereocenters. The number of nitrogens with zero attached hydrogens (tertiary/aromatic N) is 1. The lowest BCUT2D eigenvalue weighted by atomic mass is 10.1. The molecule has 35 heavy (non-hydrogen) atoms. The Labute approximate surface area is 210 Å². The predicted molar refractivity (Wildman–Crippen MR) is 155 cm³/mol. The van der Waals surface area contributed by atoms with Gasteiger partial charge >= 0.3 is 0 Å². The summed E-state index contributed by atoms with van der Waals surface area (Å²) in [5, 5.41) is 9.09. The Bertz CT molecular complexity index is 1420. The average molecular weight is 508 g/mol. The average Bonchev–Trinajstić information content (AvgIpc) is 2.79. The van der Waals surface area contributed by atoms with E-state index in [1.807, 2.05) is 66.6 Å². The summed E-state index contributed by atoms with van der Waals surface area (Å²) in [5.41, 5.74) is 2.37. The van der Waals surface area contributed by atoms with E-state index in [9.17, 15) is 9.00 Å². The zero-order valence-electron chi connectivity index (χ0n) is 20.1. The van der Waals surface area contributed by atoms with Crippen molar-refractivity contribution in [3.8, 4) is 0 Å². The van der Waals surface area contributed by atoms with Gasteiger partial charge in [0, 0.05) is 48.9 Å². The maximum Gasteiger partial charge on any atom is 0.253 e. The summed E-state index contributed by atoms with van der Waals surface area (Å²) in [4.78, 5) is 16.5. The molecule has 0 saturated carbocycles. The third-order valence-corrected chi connectivity index (χ3v) is 8.79. The summed E-state index contributed by atoms with van der Waals surface area (Å²) in [7, 11) is -4.70. The highest BCUT2D eigenvalue weighted by Gasteiger charge is 2.16. The molecule has 1 aromatic carbocycles. The van der Waals surface area contributed by atoms with Crippen molar-refractivity contribution in [2.24, 2.45) is 5.14 Å². The minimum absolute atomic E-state index is 0.169. The molecule has 1 amide bonds. The topological polar surface area (TPSA) is 75.4 Å². The first-order chi connectivity index (χ1) is 16.5. The molecule has 0 radical (unpaired) electrons. The van der Waals surface area contributed by atoms with Crippen LogP contribution in [0.25, 0.3) is 0 Å². The second-order valence-electron chi connectivity index (χ2n) is 8.41. The SMILES string of the molecule is C=C1C=CC(C(=O)NC/C2=C/C=C(S(=C)(=O)c3cccc(S(=C)(=C)N)c3)\C=C/CC2)=CN1C=CC. The number of carbonyl (C=O) groups excluding carboxylic acids is 1. The van der Waals surface area contributed by atoms with E-state index in [2.05, 4.69) is 29.5 Å². The second kappa shape index (κ2) is 11.0. The Hall–Kier alpha value is -3.26. The van der Waals surface area contributed by atoms with Crippen LogP contribution in [0.3, 0.4) is 0 Å². The Morgan fingerprint density at radius 3 is 2.63 bits per heavy atom. The normalized spacial score (nSPS) is 22.2. The Balaban J connectivity index is 1.79. The molecular weight excluding hydrogens is 474 g/mol. The molecule has 1 aliphatic heterocycles. The van der Waals surface area contributed by atoms with E-state index in [1.54, 1.807) is 24.4 Å². The molecule has 3 N–H and O–H groups in total. The quantitative estimate of drug-likeness (QED) is 0.523. The molecular formula is C28H33N3O2S2. The first-order valence-electron chi connectivity index (χ1n) is 11.1. The Kier molecular flexibility index (Phi) is 8.27. The van der Waals surface area contributed by atoms with Crippen molar-refractivity contribution in [2.45, 2.75) is 29.6 Å². The predicted octanol–water partition coefficient (Wildman–Crippen LogP) is 4.74. The van der Waals surface area contributed by atoms with Crippen LogP contribution in [0.1, 0.15) is 19.8 Å². The van der Waals surface area contributed by atoms with Gasteiger partial charge in [0.25, 0.3) is 5.91 Å². The molecule has 0 spiro atoms. The largest absolute Gasteiger partial charge is 0.348 e. The van der Waals surface area contributed by atoms with Crippen LogP contribution in [0, 0.1) is 0 Å². The minimum Gasteiger partial charge on any atom is -0.348 e. The number of rotatable bonds is 7. The van der Waals surface area contributed by atoms with Crippen molar-refractivity contribution in [1.29, 1.82) is 0 Å². The maximum absolute atomic E-state index is 13.7. The van der Waals surface area contributed by atoms with Crippen molar-refractivity contribution >= 4 is 42.4 Å². The van der Waals surface area contributed by atoms with Crippen molar-refractivity contribution in [2.75, 3.05) is 6.54 Å². The molecule has 2 aliphatic rings. The third kappa shape index (κ3) is 6.66. The van der Waals surface area contributed by atoms with E-state index in [0.29, 0.717) is 21.9 Å². The van der Waals surface area contributed by atoms with Crippen LogP contribution in [0.4, 0.5) is 0 Å². The summed E-state index contributed by atoms with van der Waals surface area (Å²) in [6.07, 6.45) is 18.2. The monoisotopic (exact) mass is 507 g/mol. The molecule has 0 aromatic heterocycles. The number of nitrogens with two attached hydrogens (primary N) is 1. The number of nitrogens with one attached hydrogen (secondary N) is 1. The lowest BCUT2D eigenvalue weighted by Crippen LogP contribution is -2.28.